The molecule has 28 heavy (non-hydrogen) atoms. The van der Waals surface area contributed by atoms with Gasteiger partial charge in [-0.3, -0.25) is 9.59 Å². The average Bonchev–Trinajstić information content (AvgIpc) is 3.47. The van der Waals surface area contributed by atoms with Crippen LogP contribution in [0.15, 0.2) is 16.9 Å². The van der Waals surface area contributed by atoms with E-state index in [1.165, 1.54) is 14.2 Å². The maximum atomic E-state index is 12.8. The molecule has 1 aliphatic carbocycles. The number of hydrogen-bond donors (Lipinski definition) is 3. The summed E-state index contributed by atoms with van der Waals surface area (Å²) in [5.41, 5.74) is 5.13. The van der Waals surface area contributed by atoms with Crippen LogP contribution in [0.5, 0.6) is 0 Å². The zero-order valence-electron chi connectivity index (χ0n) is 16.2. The van der Waals surface area contributed by atoms with E-state index in [4.69, 9.17) is 10.5 Å². The van der Waals surface area contributed by atoms with Crippen molar-refractivity contribution in [1.82, 2.24) is 14.9 Å². The highest BCUT2D eigenvalue weighted by Gasteiger charge is 2.27. The summed E-state index contributed by atoms with van der Waals surface area (Å²) in [5.74, 6) is 5.57. The Morgan fingerprint density at radius 2 is 2.21 bits per heavy atom. The lowest BCUT2D eigenvalue weighted by Crippen LogP contribution is -2.30. The lowest BCUT2D eigenvalue weighted by atomic mass is 10.1. The number of nitrogens with zero attached hydrogens (tertiary/aromatic N) is 2. The summed E-state index contributed by atoms with van der Waals surface area (Å²) < 4.78 is 6.66. The first kappa shape index (κ1) is 19.9. The van der Waals surface area contributed by atoms with Crippen molar-refractivity contribution < 1.29 is 14.6 Å². The molecule has 4 N–H and O–H groups in total. The molecule has 0 radical (unpaired) electrons. The molecule has 0 spiro atoms. The number of nitrogens with one attached hydrogen (secondary N) is 1. The minimum atomic E-state index is -1.32. The fourth-order valence-corrected chi connectivity index (χ4v) is 3.00. The van der Waals surface area contributed by atoms with Gasteiger partial charge in [0.15, 0.2) is 0 Å². The van der Waals surface area contributed by atoms with Crippen LogP contribution in [0.1, 0.15) is 35.8 Å². The number of aromatic nitrogens is 2. The average molecular weight is 384 g/mol. The van der Waals surface area contributed by atoms with Crippen LogP contribution in [0.4, 0.5) is 5.82 Å². The predicted octanol–water partition coefficient (Wildman–Crippen LogP) is 0.497. The first-order chi connectivity index (χ1) is 13.3. The molecule has 1 unspecified atom stereocenters. The Morgan fingerprint density at radius 3 is 2.82 bits per heavy atom. The Hall–Kier alpha value is -2.89. The number of pyridine rings is 2. The van der Waals surface area contributed by atoms with Gasteiger partial charge in [-0.25, -0.2) is 4.98 Å². The first-order valence-corrected chi connectivity index (χ1v) is 9.07. The molecule has 2 heterocycles. The van der Waals surface area contributed by atoms with Crippen LogP contribution in [0.2, 0.25) is 0 Å². The summed E-state index contributed by atoms with van der Waals surface area (Å²) in [5, 5.41) is 12.9. The van der Waals surface area contributed by atoms with Crippen LogP contribution in [0.25, 0.3) is 11.0 Å². The quantitative estimate of drug-likeness (QED) is 0.646. The number of anilines is 1. The summed E-state index contributed by atoms with van der Waals surface area (Å²) in [7, 11) is 2.94. The number of nitrogen functional groups attached to an aromatic ring is 1. The fraction of sp³-hybridized carbons (Fsp3) is 0.450. The Bertz CT molecular complexity index is 1040. The number of aliphatic hydroxyl groups is 1. The molecule has 0 aliphatic heterocycles. The molecule has 8 nitrogen and oxygen atoms in total. The highest BCUT2D eigenvalue weighted by atomic mass is 16.5. The van der Waals surface area contributed by atoms with Gasteiger partial charge in [-0.05, 0) is 43.7 Å². The Labute approximate surface area is 162 Å². The van der Waals surface area contributed by atoms with Crippen LogP contribution in [0.3, 0.4) is 0 Å². The summed E-state index contributed by atoms with van der Waals surface area (Å²) in [6, 6.07) is 3.18. The van der Waals surface area contributed by atoms with Crippen molar-refractivity contribution in [2.45, 2.75) is 31.9 Å². The van der Waals surface area contributed by atoms with Gasteiger partial charge in [0.1, 0.15) is 28.3 Å². The number of fused-ring (bicyclic) bond motifs is 1. The number of nitrogens with two attached hydrogens (primary N) is 1. The third-order valence-electron chi connectivity index (χ3n) is 4.63. The van der Waals surface area contributed by atoms with E-state index in [-0.39, 0.29) is 18.0 Å². The van der Waals surface area contributed by atoms with E-state index in [2.05, 4.69) is 22.1 Å². The van der Waals surface area contributed by atoms with Crippen LogP contribution >= 0.6 is 0 Å². The third kappa shape index (κ3) is 4.01. The molecule has 1 atom stereocenters. The molecule has 0 saturated heterocycles. The van der Waals surface area contributed by atoms with E-state index in [9.17, 15) is 14.7 Å². The van der Waals surface area contributed by atoms with Gasteiger partial charge in [-0.2, -0.15) is 0 Å². The molecular weight excluding hydrogens is 360 g/mol. The SMILES string of the molecule is CNC(=O)c1c(N)n(CC2CC2)c2nc(C#CC(C)(O)COC)ccc2c1=O. The van der Waals surface area contributed by atoms with Crippen LogP contribution in [-0.2, 0) is 11.3 Å². The molecule has 0 aromatic carbocycles. The van der Waals surface area contributed by atoms with Gasteiger partial charge in [-0.1, -0.05) is 5.92 Å². The minimum absolute atomic E-state index is 0.0579. The largest absolute Gasteiger partial charge is 0.384 e. The lowest BCUT2D eigenvalue weighted by molar-refractivity contribution is 0.0274. The predicted molar refractivity (Wildman–Crippen MR) is 106 cm³/mol. The fourth-order valence-electron chi connectivity index (χ4n) is 3.00. The van der Waals surface area contributed by atoms with Crippen molar-refractivity contribution in [2.75, 3.05) is 26.5 Å². The Balaban J connectivity index is 2.18. The van der Waals surface area contributed by atoms with Gasteiger partial charge >= 0.3 is 0 Å². The molecule has 1 amide bonds. The molecule has 1 saturated carbocycles. The maximum Gasteiger partial charge on any atom is 0.258 e. The number of ether oxygens (including phenoxy) is 1. The molecule has 2 aromatic rings. The summed E-state index contributed by atoms with van der Waals surface area (Å²) in [6.07, 6.45) is 2.14. The molecular formula is C20H24N4O4. The topological polar surface area (TPSA) is 119 Å². The molecule has 8 heteroatoms. The zero-order valence-corrected chi connectivity index (χ0v) is 16.2. The second-order valence-corrected chi connectivity index (χ2v) is 7.25. The minimum Gasteiger partial charge on any atom is -0.384 e. The van der Waals surface area contributed by atoms with Gasteiger partial charge in [-0.15, -0.1) is 0 Å². The van der Waals surface area contributed by atoms with Crippen LogP contribution < -0.4 is 16.5 Å². The standard InChI is InChI=1S/C20H24N4O4/c1-20(27,11-28-3)9-8-13-6-7-14-16(25)15(19(26)22-2)17(21)24(18(14)23-13)10-12-4-5-12/h6-7,12,27H,4-5,10-11,21H2,1-3H3,(H,22,26). The summed E-state index contributed by atoms with van der Waals surface area (Å²) >= 11 is 0. The number of carbonyl (C=O) groups is 1. The van der Waals surface area contributed by atoms with Crippen molar-refractivity contribution in [3.8, 4) is 11.8 Å². The van der Waals surface area contributed by atoms with E-state index >= 15 is 0 Å². The molecule has 2 aromatic heterocycles. The van der Waals surface area contributed by atoms with E-state index in [0.717, 1.165) is 12.8 Å². The summed E-state index contributed by atoms with van der Waals surface area (Å²) in [6.45, 7) is 2.18. The molecule has 1 aliphatic rings. The van der Waals surface area contributed by atoms with Crippen molar-refractivity contribution in [3.05, 3.63) is 33.6 Å². The number of methoxy groups -OCH3 is 1. The second kappa shape index (κ2) is 7.62. The van der Waals surface area contributed by atoms with E-state index in [1.807, 2.05) is 0 Å². The van der Waals surface area contributed by atoms with E-state index in [1.54, 1.807) is 23.6 Å². The molecule has 3 rings (SSSR count). The number of carbonyl (C=O) groups excluding carboxylic acids is 1. The van der Waals surface area contributed by atoms with Gasteiger partial charge in [0.05, 0.1) is 12.0 Å². The molecule has 0 bridgehead atoms. The Kier molecular flexibility index (Phi) is 5.40. The number of rotatable bonds is 5. The van der Waals surface area contributed by atoms with Crippen LogP contribution in [0, 0.1) is 17.8 Å². The highest BCUT2D eigenvalue weighted by molar-refractivity contribution is 6.01. The van der Waals surface area contributed by atoms with Crippen molar-refractivity contribution >= 4 is 22.8 Å². The first-order valence-electron chi connectivity index (χ1n) is 9.07. The number of hydrogen-bond acceptors (Lipinski definition) is 6. The van der Waals surface area contributed by atoms with E-state index in [0.29, 0.717) is 29.2 Å². The van der Waals surface area contributed by atoms with Crippen LogP contribution in [-0.4, -0.2) is 46.9 Å². The van der Waals surface area contributed by atoms with Crippen molar-refractivity contribution in [2.24, 2.45) is 5.92 Å². The lowest BCUT2D eigenvalue weighted by Gasteiger charge is -2.16. The highest BCUT2D eigenvalue weighted by Crippen LogP contribution is 2.32. The zero-order chi connectivity index (χ0) is 20.5. The maximum absolute atomic E-state index is 12.8. The Morgan fingerprint density at radius 1 is 1.50 bits per heavy atom. The smallest absolute Gasteiger partial charge is 0.258 e. The molecule has 1 fully saturated rings. The summed E-state index contributed by atoms with van der Waals surface area (Å²) in [4.78, 5) is 29.5. The van der Waals surface area contributed by atoms with Crippen molar-refractivity contribution in [1.29, 1.82) is 0 Å². The monoisotopic (exact) mass is 384 g/mol. The van der Waals surface area contributed by atoms with Gasteiger partial charge in [0.25, 0.3) is 5.91 Å². The molecule has 148 valence electrons. The normalized spacial score (nSPS) is 15.6. The second-order valence-electron chi connectivity index (χ2n) is 7.25. The number of amides is 1. The van der Waals surface area contributed by atoms with Gasteiger partial charge < -0.3 is 25.5 Å². The third-order valence-corrected chi connectivity index (χ3v) is 4.63. The van der Waals surface area contributed by atoms with E-state index < -0.39 is 16.9 Å². The van der Waals surface area contributed by atoms with Gasteiger partial charge in [0, 0.05) is 20.7 Å². The van der Waals surface area contributed by atoms with Gasteiger partial charge in [0.2, 0.25) is 5.43 Å². The van der Waals surface area contributed by atoms with Crippen molar-refractivity contribution in [3.63, 3.8) is 0 Å².